The second kappa shape index (κ2) is 7.86. The quantitative estimate of drug-likeness (QED) is 0.808. The van der Waals surface area contributed by atoms with Crippen molar-refractivity contribution >= 4 is 5.91 Å². The first-order chi connectivity index (χ1) is 14.2. The number of aromatic nitrogens is 2. The van der Waals surface area contributed by atoms with E-state index in [-0.39, 0.29) is 5.92 Å². The molecule has 0 saturated carbocycles. The van der Waals surface area contributed by atoms with Gasteiger partial charge in [0.2, 0.25) is 5.91 Å². The fourth-order valence-electron chi connectivity index (χ4n) is 5.59. The molecular formula is C24H30N4O. The first-order valence-corrected chi connectivity index (χ1v) is 11.0. The molecule has 5 heteroatoms. The van der Waals surface area contributed by atoms with Crippen LogP contribution in [-0.4, -0.2) is 52.1 Å². The van der Waals surface area contributed by atoms with E-state index >= 15 is 0 Å². The summed E-state index contributed by atoms with van der Waals surface area (Å²) >= 11 is 0. The highest BCUT2D eigenvalue weighted by Gasteiger charge is 2.41. The number of likely N-dealkylation sites (tertiary alicyclic amines) is 2. The van der Waals surface area contributed by atoms with Crippen LogP contribution in [0.15, 0.2) is 42.7 Å². The number of nitrogens with zero attached hydrogens (tertiary/aromatic N) is 4. The number of rotatable bonds is 3. The average molecular weight is 391 g/mol. The Morgan fingerprint density at radius 3 is 2.28 bits per heavy atom. The Morgan fingerprint density at radius 1 is 0.966 bits per heavy atom. The third kappa shape index (κ3) is 3.93. The van der Waals surface area contributed by atoms with Gasteiger partial charge < -0.3 is 4.90 Å². The van der Waals surface area contributed by atoms with E-state index in [1.165, 1.54) is 29.5 Å². The topological polar surface area (TPSA) is 49.3 Å². The minimum atomic E-state index is 0.205. The molecule has 5 rings (SSSR count). The first kappa shape index (κ1) is 18.7. The average Bonchev–Trinajstić information content (AvgIpc) is 3.13. The highest BCUT2D eigenvalue weighted by atomic mass is 16.2. The predicted octanol–water partition coefficient (Wildman–Crippen LogP) is 3.10. The van der Waals surface area contributed by atoms with Crippen molar-refractivity contribution in [3.05, 3.63) is 59.4 Å². The number of fused-ring (bicyclic) bond motifs is 1. The summed E-state index contributed by atoms with van der Waals surface area (Å²) in [5.41, 5.74) is 4.67. The minimum Gasteiger partial charge on any atom is -0.342 e. The number of benzene rings is 1. The Labute approximate surface area is 173 Å². The number of carbonyl (C=O) groups is 1. The molecule has 152 valence electrons. The van der Waals surface area contributed by atoms with E-state index in [0.29, 0.717) is 11.3 Å². The SMILES string of the molecule is O=C(C1CCN(Cc2ccnnc2)CC1)N1CCC2(CC1)Cc1ccccc1C2. The maximum Gasteiger partial charge on any atom is 0.225 e. The largest absolute Gasteiger partial charge is 0.342 e. The van der Waals surface area contributed by atoms with Crippen molar-refractivity contribution < 1.29 is 4.79 Å². The molecule has 5 nitrogen and oxygen atoms in total. The van der Waals surface area contributed by atoms with Gasteiger partial charge >= 0.3 is 0 Å². The molecule has 1 spiro atoms. The monoisotopic (exact) mass is 390 g/mol. The number of amides is 1. The van der Waals surface area contributed by atoms with Crippen LogP contribution in [0.3, 0.4) is 0 Å². The second-order valence-electron chi connectivity index (χ2n) is 9.25. The molecule has 0 bridgehead atoms. The van der Waals surface area contributed by atoms with E-state index in [4.69, 9.17) is 0 Å². The Balaban J connectivity index is 1.11. The lowest BCUT2D eigenvalue weighted by Crippen LogP contribution is -2.47. The van der Waals surface area contributed by atoms with E-state index in [0.717, 1.165) is 58.4 Å². The molecule has 29 heavy (non-hydrogen) atoms. The van der Waals surface area contributed by atoms with Crippen molar-refractivity contribution in [1.82, 2.24) is 20.0 Å². The fourth-order valence-corrected chi connectivity index (χ4v) is 5.59. The minimum absolute atomic E-state index is 0.205. The molecule has 1 aliphatic carbocycles. The van der Waals surface area contributed by atoms with Crippen LogP contribution in [0.2, 0.25) is 0 Å². The number of carbonyl (C=O) groups excluding carboxylic acids is 1. The molecule has 0 unspecified atom stereocenters. The molecule has 3 aliphatic rings. The van der Waals surface area contributed by atoms with Crippen molar-refractivity contribution in [3.63, 3.8) is 0 Å². The zero-order chi connectivity index (χ0) is 19.7. The molecule has 2 aliphatic heterocycles. The number of hydrogen-bond donors (Lipinski definition) is 0. The van der Waals surface area contributed by atoms with Gasteiger partial charge in [-0.15, -0.1) is 0 Å². The third-order valence-electron chi connectivity index (χ3n) is 7.37. The maximum absolute atomic E-state index is 13.1. The van der Waals surface area contributed by atoms with Gasteiger partial charge in [0.25, 0.3) is 0 Å². The van der Waals surface area contributed by atoms with E-state index in [1.54, 1.807) is 6.20 Å². The Kier molecular flexibility index (Phi) is 5.08. The van der Waals surface area contributed by atoms with Crippen LogP contribution in [0.25, 0.3) is 0 Å². The maximum atomic E-state index is 13.1. The Morgan fingerprint density at radius 2 is 1.66 bits per heavy atom. The zero-order valence-corrected chi connectivity index (χ0v) is 17.1. The molecule has 0 atom stereocenters. The summed E-state index contributed by atoms with van der Waals surface area (Å²) in [6.07, 6.45) is 10.2. The highest BCUT2D eigenvalue weighted by Crippen LogP contribution is 2.44. The summed E-state index contributed by atoms with van der Waals surface area (Å²) in [6.45, 7) is 4.77. The van der Waals surface area contributed by atoms with Crippen LogP contribution in [0, 0.1) is 11.3 Å². The summed E-state index contributed by atoms with van der Waals surface area (Å²) in [4.78, 5) is 17.7. The summed E-state index contributed by atoms with van der Waals surface area (Å²) in [7, 11) is 0. The lowest BCUT2D eigenvalue weighted by Gasteiger charge is -2.41. The molecule has 1 aromatic heterocycles. The van der Waals surface area contributed by atoms with Gasteiger partial charge in [-0.3, -0.25) is 9.69 Å². The molecule has 1 amide bonds. The normalized spacial score (nSPS) is 22.0. The standard InChI is InChI=1S/C24H30N4O/c29-23(20-6-11-27(12-7-20)18-19-5-10-25-26-17-19)28-13-8-24(9-14-28)15-21-3-1-2-4-22(21)16-24/h1-5,10,17,20H,6-9,11-16,18H2. The van der Waals surface area contributed by atoms with Gasteiger partial charge in [0.1, 0.15) is 0 Å². The van der Waals surface area contributed by atoms with Crippen LogP contribution in [-0.2, 0) is 24.2 Å². The van der Waals surface area contributed by atoms with E-state index < -0.39 is 0 Å². The molecule has 2 aromatic rings. The molecule has 3 heterocycles. The molecule has 0 radical (unpaired) electrons. The molecule has 2 saturated heterocycles. The smallest absolute Gasteiger partial charge is 0.225 e. The van der Waals surface area contributed by atoms with Crippen LogP contribution in [0.4, 0.5) is 0 Å². The third-order valence-corrected chi connectivity index (χ3v) is 7.37. The number of piperidine rings is 2. The van der Waals surface area contributed by atoms with Gasteiger partial charge in [0.15, 0.2) is 0 Å². The van der Waals surface area contributed by atoms with Gasteiger partial charge in [-0.2, -0.15) is 10.2 Å². The van der Waals surface area contributed by atoms with Gasteiger partial charge in [-0.1, -0.05) is 24.3 Å². The van der Waals surface area contributed by atoms with Crippen LogP contribution < -0.4 is 0 Å². The molecular weight excluding hydrogens is 360 g/mol. The van der Waals surface area contributed by atoms with E-state index in [2.05, 4.69) is 44.3 Å². The Hall–Kier alpha value is -2.27. The molecule has 1 aromatic carbocycles. The van der Waals surface area contributed by atoms with Crippen molar-refractivity contribution in [3.8, 4) is 0 Å². The first-order valence-electron chi connectivity index (χ1n) is 11.0. The summed E-state index contributed by atoms with van der Waals surface area (Å²) < 4.78 is 0. The second-order valence-corrected chi connectivity index (χ2v) is 9.25. The van der Waals surface area contributed by atoms with Crippen LogP contribution in [0.5, 0.6) is 0 Å². The van der Waals surface area contributed by atoms with Crippen LogP contribution >= 0.6 is 0 Å². The van der Waals surface area contributed by atoms with Crippen molar-refractivity contribution in [2.75, 3.05) is 26.2 Å². The predicted molar refractivity (Wildman–Crippen MR) is 112 cm³/mol. The summed E-state index contributed by atoms with van der Waals surface area (Å²) in [5.74, 6) is 0.609. The molecule has 0 N–H and O–H groups in total. The van der Waals surface area contributed by atoms with E-state index in [1.807, 2.05) is 12.3 Å². The lowest BCUT2D eigenvalue weighted by atomic mass is 9.75. The Bertz CT molecular complexity index is 825. The highest BCUT2D eigenvalue weighted by molar-refractivity contribution is 5.79. The van der Waals surface area contributed by atoms with Gasteiger partial charge in [0.05, 0.1) is 6.20 Å². The van der Waals surface area contributed by atoms with Gasteiger partial charge in [-0.25, -0.2) is 0 Å². The van der Waals surface area contributed by atoms with E-state index in [9.17, 15) is 4.79 Å². The fraction of sp³-hybridized carbons (Fsp3) is 0.542. The lowest BCUT2D eigenvalue weighted by molar-refractivity contribution is -0.139. The van der Waals surface area contributed by atoms with Crippen molar-refractivity contribution in [1.29, 1.82) is 0 Å². The van der Waals surface area contributed by atoms with Crippen LogP contribution in [0.1, 0.15) is 42.4 Å². The summed E-state index contributed by atoms with van der Waals surface area (Å²) in [6, 6.07) is 10.9. The summed E-state index contributed by atoms with van der Waals surface area (Å²) in [5, 5.41) is 7.81. The zero-order valence-electron chi connectivity index (χ0n) is 17.1. The van der Waals surface area contributed by atoms with Crippen molar-refractivity contribution in [2.45, 2.75) is 45.1 Å². The van der Waals surface area contributed by atoms with Crippen molar-refractivity contribution in [2.24, 2.45) is 11.3 Å². The van der Waals surface area contributed by atoms with Gasteiger partial charge in [0, 0.05) is 31.7 Å². The number of hydrogen-bond acceptors (Lipinski definition) is 4. The molecule has 2 fully saturated rings. The van der Waals surface area contributed by atoms with Gasteiger partial charge in [-0.05, 0) is 79.8 Å².